The van der Waals surface area contributed by atoms with Gasteiger partial charge in [0, 0.05) is 29.1 Å². The van der Waals surface area contributed by atoms with Gasteiger partial charge in [-0.15, -0.1) is 0 Å². The van der Waals surface area contributed by atoms with Gasteiger partial charge in [0.25, 0.3) is 0 Å². The molecule has 4 nitrogen and oxygen atoms in total. The molecule has 1 atom stereocenters. The van der Waals surface area contributed by atoms with Crippen LogP contribution in [0.2, 0.25) is 10.0 Å². The van der Waals surface area contributed by atoms with Crippen LogP contribution in [0.25, 0.3) is 0 Å². The minimum atomic E-state index is -0.151. The Hall–Kier alpha value is -1.26. The highest BCUT2D eigenvalue weighted by molar-refractivity contribution is 6.35. The second kappa shape index (κ2) is 5.80. The SMILES string of the molecule is CC1CC(=O)NCC(=O)N1Cc1ccc(Cl)cc1Cl. The van der Waals surface area contributed by atoms with Crippen molar-refractivity contribution in [2.75, 3.05) is 6.54 Å². The lowest BCUT2D eigenvalue weighted by molar-refractivity contribution is -0.132. The van der Waals surface area contributed by atoms with Crippen LogP contribution in [0.4, 0.5) is 0 Å². The molecule has 1 saturated heterocycles. The molecule has 1 heterocycles. The van der Waals surface area contributed by atoms with Gasteiger partial charge in [-0.05, 0) is 24.6 Å². The van der Waals surface area contributed by atoms with E-state index in [9.17, 15) is 9.59 Å². The quantitative estimate of drug-likeness (QED) is 0.910. The Labute approximate surface area is 121 Å². The minimum Gasteiger partial charge on any atom is -0.347 e. The smallest absolute Gasteiger partial charge is 0.242 e. The second-order valence-electron chi connectivity index (χ2n) is 4.59. The molecule has 1 aromatic carbocycles. The van der Waals surface area contributed by atoms with Crippen LogP contribution in [0, 0.1) is 0 Å². The Balaban J connectivity index is 2.20. The van der Waals surface area contributed by atoms with Crippen molar-refractivity contribution in [2.24, 2.45) is 0 Å². The third-order valence-corrected chi connectivity index (χ3v) is 3.71. The molecule has 6 heteroatoms. The van der Waals surface area contributed by atoms with E-state index in [1.54, 1.807) is 23.1 Å². The third kappa shape index (κ3) is 3.39. The van der Waals surface area contributed by atoms with Crippen molar-refractivity contribution in [3.63, 3.8) is 0 Å². The number of halogens is 2. The Morgan fingerprint density at radius 3 is 2.79 bits per heavy atom. The van der Waals surface area contributed by atoms with E-state index in [-0.39, 0.29) is 24.4 Å². The summed E-state index contributed by atoms with van der Waals surface area (Å²) in [5.41, 5.74) is 0.820. The molecule has 0 aliphatic carbocycles. The van der Waals surface area contributed by atoms with Crippen molar-refractivity contribution in [1.82, 2.24) is 10.2 Å². The van der Waals surface area contributed by atoms with Gasteiger partial charge in [0.15, 0.2) is 0 Å². The minimum absolute atomic E-state index is 0.0361. The summed E-state index contributed by atoms with van der Waals surface area (Å²) >= 11 is 12.0. The van der Waals surface area contributed by atoms with Crippen molar-refractivity contribution in [3.05, 3.63) is 33.8 Å². The van der Waals surface area contributed by atoms with Gasteiger partial charge < -0.3 is 10.2 Å². The summed E-state index contributed by atoms with van der Waals surface area (Å²) in [5.74, 6) is -0.213. The van der Waals surface area contributed by atoms with Crippen LogP contribution in [0.1, 0.15) is 18.9 Å². The summed E-state index contributed by atoms with van der Waals surface area (Å²) in [6.45, 7) is 2.27. The number of hydrogen-bond donors (Lipinski definition) is 1. The zero-order valence-electron chi connectivity index (χ0n) is 10.5. The largest absolute Gasteiger partial charge is 0.347 e. The predicted octanol–water partition coefficient (Wildman–Crippen LogP) is 2.23. The zero-order valence-corrected chi connectivity index (χ0v) is 12.0. The van der Waals surface area contributed by atoms with E-state index >= 15 is 0 Å². The van der Waals surface area contributed by atoms with Crippen LogP contribution >= 0.6 is 23.2 Å². The Kier molecular flexibility index (Phi) is 4.32. The van der Waals surface area contributed by atoms with Crippen molar-refractivity contribution in [3.8, 4) is 0 Å². The lowest BCUT2D eigenvalue weighted by atomic mass is 10.1. The molecule has 1 aromatic rings. The summed E-state index contributed by atoms with van der Waals surface area (Å²) < 4.78 is 0. The van der Waals surface area contributed by atoms with E-state index in [1.807, 2.05) is 6.92 Å². The number of benzene rings is 1. The van der Waals surface area contributed by atoms with Gasteiger partial charge in [0.2, 0.25) is 11.8 Å². The topological polar surface area (TPSA) is 49.4 Å². The molecule has 0 spiro atoms. The first-order chi connectivity index (χ1) is 8.97. The van der Waals surface area contributed by atoms with Crippen molar-refractivity contribution >= 4 is 35.0 Å². The van der Waals surface area contributed by atoms with Crippen LogP contribution in [0.15, 0.2) is 18.2 Å². The summed E-state index contributed by atoms with van der Waals surface area (Å²) in [6.07, 6.45) is 0.303. The van der Waals surface area contributed by atoms with E-state index in [0.717, 1.165) is 5.56 Å². The first-order valence-electron chi connectivity index (χ1n) is 5.97. The molecular formula is C13H14Cl2N2O2. The fraction of sp³-hybridized carbons (Fsp3) is 0.385. The molecule has 1 aliphatic rings. The van der Waals surface area contributed by atoms with E-state index in [2.05, 4.69) is 5.32 Å². The predicted molar refractivity (Wildman–Crippen MR) is 74.1 cm³/mol. The molecule has 1 unspecified atom stereocenters. The Morgan fingerprint density at radius 1 is 1.37 bits per heavy atom. The third-order valence-electron chi connectivity index (χ3n) is 3.13. The Bertz CT molecular complexity index is 519. The number of carbonyl (C=O) groups excluding carboxylic acids is 2. The molecule has 2 amide bonds. The van der Waals surface area contributed by atoms with E-state index < -0.39 is 0 Å². The molecule has 1 N–H and O–H groups in total. The van der Waals surface area contributed by atoms with Gasteiger partial charge in [-0.25, -0.2) is 0 Å². The number of rotatable bonds is 2. The van der Waals surface area contributed by atoms with Gasteiger partial charge in [0.1, 0.15) is 0 Å². The lowest BCUT2D eigenvalue weighted by Crippen LogP contribution is -2.39. The number of hydrogen-bond acceptors (Lipinski definition) is 2. The molecule has 1 aliphatic heterocycles. The fourth-order valence-electron chi connectivity index (χ4n) is 2.05. The highest BCUT2D eigenvalue weighted by Gasteiger charge is 2.26. The Morgan fingerprint density at radius 2 is 2.11 bits per heavy atom. The van der Waals surface area contributed by atoms with E-state index in [1.165, 1.54) is 0 Å². The molecule has 2 rings (SSSR count). The average Bonchev–Trinajstić information content (AvgIpc) is 2.45. The molecule has 102 valence electrons. The second-order valence-corrected chi connectivity index (χ2v) is 5.43. The first-order valence-corrected chi connectivity index (χ1v) is 6.73. The summed E-state index contributed by atoms with van der Waals surface area (Å²) in [7, 11) is 0. The average molecular weight is 301 g/mol. The number of amides is 2. The maximum Gasteiger partial charge on any atom is 0.242 e. The zero-order chi connectivity index (χ0) is 14.0. The molecule has 19 heavy (non-hydrogen) atoms. The molecule has 0 radical (unpaired) electrons. The van der Waals surface area contributed by atoms with E-state index in [0.29, 0.717) is 23.0 Å². The molecule has 1 fully saturated rings. The van der Waals surface area contributed by atoms with Gasteiger partial charge in [0.05, 0.1) is 6.54 Å². The van der Waals surface area contributed by atoms with Crippen LogP contribution in [-0.4, -0.2) is 29.3 Å². The summed E-state index contributed by atoms with van der Waals surface area (Å²) in [5, 5.41) is 3.66. The summed E-state index contributed by atoms with van der Waals surface area (Å²) in [4.78, 5) is 25.1. The van der Waals surface area contributed by atoms with Gasteiger partial charge in [-0.2, -0.15) is 0 Å². The van der Waals surface area contributed by atoms with Gasteiger partial charge in [-0.1, -0.05) is 29.3 Å². The first kappa shape index (κ1) is 14.2. The number of nitrogens with zero attached hydrogens (tertiary/aromatic N) is 1. The summed E-state index contributed by atoms with van der Waals surface area (Å²) in [6, 6.07) is 5.03. The standard InChI is InChI=1S/C13H14Cl2N2O2/c1-8-4-12(18)16-6-13(19)17(8)7-9-2-3-10(14)5-11(9)15/h2-3,5,8H,4,6-7H2,1H3,(H,16,18). The van der Waals surface area contributed by atoms with Crippen LogP contribution in [0.3, 0.4) is 0 Å². The van der Waals surface area contributed by atoms with Gasteiger partial charge >= 0.3 is 0 Å². The van der Waals surface area contributed by atoms with Crippen LogP contribution in [-0.2, 0) is 16.1 Å². The molecule has 0 aromatic heterocycles. The highest BCUT2D eigenvalue weighted by atomic mass is 35.5. The lowest BCUT2D eigenvalue weighted by Gasteiger charge is -2.26. The van der Waals surface area contributed by atoms with Crippen molar-refractivity contribution in [2.45, 2.75) is 25.9 Å². The van der Waals surface area contributed by atoms with Crippen LogP contribution in [0.5, 0.6) is 0 Å². The fourth-order valence-corrected chi connectivity index (χ4v) is 2.52. The monoisotopic (exact) mass is 300 g/mol. The van der Waals surface area contributed by atoms with Crippen molar-refractivity contribution in [1.29, 1.82) is 0 Å². The number of nitrogens with one attached hydrogen (secondary N) is 1. The molecular weight excluding hydrogens is 287 g/mol. The highest BCUT2D eigenvalue weighted by Crippen LogP contribution is 2.23. The van der Waals surface area contributed by atoms with Crippen LogP contribution < -0.4 is 5.32 Å². The number of carbonyl (C=O) groups is 2. The molecule has 0 bridgehead atoms. The van der Waals surface area contributed by atoms with Crippen molar-refractivity contribution < 1.29 is 9.59 Å². The normalized spacial score (nSPS) is 20.2. The maximum atomic E-state index is 12.0. The van der Waals surface area contributed by atoms with Gasteiger partial charge in [-0.3, -0.25) is 9.59 Å². The maximum absolute atomic E-state index is 12.0. The molecule has 0 saturated carbocycles. The van der Waals surface area contributed by atoms with E-state index in [4.69, 9.17) is 23.2 Å².